The van der Waals surface area contributed by atoms with E-state index in [1.807, 2.05) is 4.90 Å². The zero-order chi connectivity index (χ0) is 29.6. The Bertz CT molecular complexity index is 1450. The van der Waals surface area contributed by atoms with E-state index in [1.165, 1.54) is 18.2 Å². The maximum absolute atomic E-state index is 13.1. The molecule has 40 heavy (non-hydrogen) atoms. The lowest BCUT2D eigenvalue weighted by molar-refractivity contribution is -0.134. The number of piperidine rings is 1. The van der Waals surface area contributed by atoms with Gasteiger partial charge in [0.25, 0.3) is 5.91 Å². The molecule has 0 atom stereocenters. The summed E-state index contributed by atoms with van der Waals surface area (Å²) in [7, 11) is -4.36. The molecule has 7 N–H and O–H groups in total. The largest absolute Gasteiger partial charge is 0.489 e. The van der Waals surface area contributed by atoms with E-state index in [2.05, 4.69) is 0 Å². The van der Waals surface area contributed by atoms with Gasteiger partial charge in [-0.15, -0.1) is 0 Å². The first kappa shape index (κ1) is 30.2. The van der Waals surface area contributed by atoms with Crippen molar-refractivity contribution in [3.8, 4) is 5.75 Å². The number of carboxylic acids is 1. The van der Waals surface area contributed by atoms with Crippen molar-refractivity contribution in [3.05, 3.63) is 64.7 Å². The second-order valence-electron chi connectivity index (χ2n) is 9.62. The van der Waals surface area contributed by atoms with Crippen molar-refractivity contribution in [2.75, 3.05) is 29.7 Å². The lowest BCUT2D eigenvalue weighted by Gasteiger charge is -2.33. The van der Waals surface area contributed by atoms with Gasteiger partial charge in [-0.1, -0.05) is 29.8 Å². The summed E-state index contributed by atoms with van der Waals surface area (Å²) >= 11 is 0. The molecule has 13 heteroatoms. The number of benzene rings is 2. The number of nitrogens with two attached hydrogens (primary N) is 2. The second kappa shape index (κ2) is 12.6. The fourth-order valence-corrected chi connectivity index (χ4v) is 5.70. The summed E-state index contributed by atoms with van der Waals surface area (Å²) in [6.07, 6.45) is 2.74. The molecule has 0 unspecified atom stereocenters. The van der Waals surface area contributed by atoms with Gasteiger partial charge >= 0.3 is 5.97 Å². The average molecular weight is 571 g/mol. The van der Waals surface area contributed by atoms with Gasteiger partial charge in [0, 0.05) is 31.5 Å². The van der Waals surface area contributed by atoms with Crippen molar-refractivity contribution in [3.63, 3.8) is 0 Å². The van der Waals surface area contributed by atoms with Crippen LogP contribution in [-0.4, -0.2) is 73.5 Å². The van der Waals surface area contributed by atoms with Gasteiger partial charge in [0.2, 0.25) is 10.0 Å². The Labute approximate surface area is 233 Å². The van der Waals surface area contributed by atoms with Gasteiger partial charge in [0.05, 0.1) is 23.6 Å². The summed E-state index contributed by atoms with van der Waals surface area (Å²) in [5.41, 5.74) is 12.9. The summed E-state index contributed by atoms with van der Waals surface area (Å²) in [4.78, 5) is 25.7. The number of carbonyl (C=O) groups is 2. The van der Waals surface area contributed by atoms with Crippen LogP contribution in [0.5, 0.6) is 5.75 Å². The van der Waals surface area contributed by atoms with Gasteiger partial charge < -0.3 is 26.2 Å². The van der Waals surface area contributed by atoms with E-state index in [-0.39, 0.29) is 35.5 Å². The highest BCUT2D eigenvalue weighted by atomic mass is 32.2. The maximum Gasteiger partial charge on any atom is 0.320 e. The predicted molar refractivity (Wildman–Crippen MR) is 153 cm³/mol. The van der Waals surface area contributed by atoms with Gasteiger partial charge in [-0.25, -0.2) is 8.42 Å². The summed E-state index contributed by atoms with van der Waals surface area (Å²) in [5, 5.41) is 24.7. The number of amidine groups is 2. The Morgan fingerprint density at radius 3 is 2.38 bits per heavy atom. The monoisotopic (exact) mass is 570 g/mol. The van der Waals surface area contributed by atoms with Crippen LogP contribution in [0.3, 0.4) is 0 Å². The molecular weight excluding hydrogens is 536 g/mol. The fourth-order valence-electron chi connectivity index (χ4n) is 4.39. The summed E-state index contributed by atoms with van der Waals surface area (Å²) in [6.45, 7) is 4.45. The third-order valence-electron chi connectivity index (χ3n) is 6.37. The molecule has 1 saturated heterocycles. The van der Waals surface area contributed by atoms with E-state index in [0.717, 1.165) is 4.31 Å². The van der Waals surface area contributed by atoms with E-state index in [9.17, 15) is 23.1 Å². The Kier molecular flexibility index (Phi) is 9.53. The fraction of sp³-hybridized carbons (Fsp3) is 0.333. The summed E-state index contributed by atoms with van der Waals surface area (Å²) in [5.74, 6) is -2.95. The maximum atomic E-state index is 13.1. The van der Waals surface area contributed by atoms with Crippen LogP contribution < -0.4 is 20.5 Å². The zero-order valence-electron chi connectivity index (χ0n) is 22.4. The molecule has 2 aromatic rings. The summed E-state index contributed by atoms with van der Waals surface area (Å²) < 4.78 is 33.3. The van der Waals surface area contributed by atoms with Crippen LogP contribution in [0.2, 0.25) is 0 Å². The van der Waals surface area contributed by atoms with Crippen molar-refractivity contribution in [2.45, 2.75) is 32.8 Å². The lowest BCUT2D eigenvalue weighted by Crippen LogP contribution is -2.40. The van der Waals surface area contributed by atoms with Crippen molar-refractivity contribution < 1.29 is 27.9 Å². The number of nitrogens with one attached hydrogen (secondary N) is 2. The standard InChI is InChI=1S/C27H34N6O6S/c1-17(12-19-4-3-5-20(13-19)26(29)30)15-33(40(37,38)16-25(34)35)21-6-7-24(23(14-21)27(31)36)39-22-8-10-32(11-9-22)18(2)28/h3-7,12-14,22,28H,8-11,15-16H2,1-2H3,(H3,29,30)(H2,31,36)(H,34,35)/b17-12+,28-18?. The SMILES string of the molecule is CC(=N)N1CCC(Oc2ccc(N(C/C(C)=C/c3cccc(C(=N)N)c3)S(=O)(=O)CC(=O)O)cc2C(N)=O)CC1. The topological polar surface area (TPSA) is 204 Å². The number of carbonyl (C=O) groups excluding carboxylic acids is 1. The van der Waals surface area contributed by atoms with Gasteiger partial charge in [0.15, 0.2) is 5.75 Å². The quantitative estimate of drug-likeness (QED) is 0.200. The van der Waals surface area contributed by atoms with E-state index >= 15 is 0 Å². The number of nitrogen functional groups attached to an aromatic ring is 1. The van der Waals surface area contributed by atoms with Crippen LogP contribution in [0.25, 0.3) is 6.08 Å². The highest BCUT2D eigenvalue weighted by molar-refractivity contribution is 7.93. The third-order valence-corrected chi connectivity index (χ3v) is 8.00. The predicted octanol–water partition coefficient (Wildman–Crippen LogP) is 2.23. The third kappa shape index (κ3) is 7.82. The Morgan fingerprint density at radius 2 is 1.80 bits per heavy atom. The van der Waals surface area contributed by atoms with Crippen LogP contribution in [0.1, 0.15) is 48.2 Å². The van der Waals surface area contributed by atoms with E-state index < -0.39 is 27.7 Å². The number of ether oxygens (including phenoxy) is 1. The van der Waals surface area contributed by atoms with Gasteiger partial charge in [-0.2, -0.15) is 0 Å². The highest BCUT2D eigenvalue weighted by Crippen LogP contribution is 2.30. The van der Waals surface area contributed by atoms with Crippen molar-refractivity contribution in [2.24, 2.45) is 11.5 Å². The molecule has 1 aliphatic rings. The van der Waals surface area contributed by atoms with Gasteiger partial charge in [-0.3, -0.25) is 24.7 Å². The highest BCUT2D eigenvalue weighted by Gasteiger charge is 2.28. The number of amides is 1. The Morgan fingerprint density at radius 1 is 1.12 bits per heavy atom. The van der Waals surface area contributed by atoms with Gasteiger partial charge in [-0.05, 0) is 43.7 Å². The van der Waals surface area contributed by atoms with E-state index in [4.69, 9.17) is 27.0 Å². The molecule has 0 saturated carbocycles. The molecule has 1 fully saturated rings. The zero-order valence-corrected chi connectivity index (χ0v) is 23.2. The minimum Gasteiger partial charge on any atom is -0.489 e. The number of anilines is 1. The molecule has 2 aromatic carbocycles. The first-order valence-electron chi connectivity index (χ1n) is 12.5. The molecule has 0 radical (unpaired) electrons. The van der Waals surface area contributed by atoms with E-state index in [0.29, 0.717) is 48.5 Å². The molecule has 1 aliphatic heterocycles. The molecule has 0 aliphatic carbocycles. The van der Waals surface area contributed by atoms with Crippen LogP contribution >= 0.6 is 0 Å². The van der Waals surface area contributed by atoms with Crippen molar-refractivity contribution >= 4 is 45.3 Å². The molecule has 214 valence electrons. The molecule has 0 spiro atoms. The first-order valence-corrected chi connectivity index (χ1v) is 14.1. The number of likely N-dealkylation sites (tertiary alicyclic amines) is 1. The minimum atomic E-state index is -4.36. The normalized spacial score (nSPS) is 14.4. The van der Waals surface area contributed by atoms with Crippen LogP contribution in [-0.2, 0) is 14.8 Å². The number of hydrogen-bond donors (Lipinski definition) is 5. The van der Waals surface area contributed by atoms with Crippen molar-refractivity contribution in [1.82, 2.24) is 4.90 Å². The summed E-state index contributed by atoms with van der Waals surface area (Å²) in [6, 6.07) is 11.0. The second-order valence-corrected chi connectivity index (χ2v) is 11.5. The number of hydrogen-bond acceptors (Lipinski definition) is 7. The van der Waals surface area contributed by atoms with Crippen LogP contribution in [0.15, 0.2) is 48.0 Å². The molecule has 0 aromatic heterocycles. The number of nitrogens with zero attached hydrogens (tertiary/aromatic N) is 2. The van der Waals surface area contributed by atoms with E-state index in [1.54, 1.807) is 44.2 Å². The Hall–Kier alpha value is -4.39. The van der Waals surface area contributed by atoms with Crippen LogP contribution in [0, 0.1) is 10.8 Å². The first-order chi connectivity index (χ1) is 18.8. The molecule has 12 nitrogen and oxygen atoms in total. The van der Waals surface area contributed by atoms with Gasteiger partial charge in [0.1, 0.15) is 17.7 Å². The van der Waals surface area contributed by atoms with Crippen LogP contribution in [0.4, 0.5) is 5.69 Å². The number of aliphatic carboxylic acids is 1. The number of rotatable bonds is 11. The lowest BCUT2D eigenvalue weighted by atomic mass is 10.1. The smallest absolute Gasteiger partial charge is 0.320 e. The minimum absolute atomic E-state index is 0.0329. The van der Waals surface area contributed by atoms with Crippen molar-refractivity contribution in [1.29, 1.82) is 10.8 Å². The number of primary amides is 1. The molecule has 1 amide bonds. The molecule has 3 rings (SSSR count). The Balaban J connectivity index is 1.94. The number of carboxylic acid groups (broad SMARTS) is 1. The molecule has 1 heterocycles. The number of sulfonamides is 1. The molecule has 0 bridgehead atoms. The average Bonchev–Trinajstić information content (AvgIpc) is 2.87. The molecular formula is C27H34N6O6S.